The highest BCUT2D eigenvalue weighted by atomic mass is 16.6. The van der Waals surface area contributed by atoms with Gasteiger partial charge >= 0.3 is 0 Å². The van der Waals surface area contributed by atoms with E-state index >= 15 is 0 Å². The Bertz CT molecular complexity index is 181. The van der Waals surface area contributed by atoms with Crippen LogP contribution in [0.1, 0.15) is 19.3 Å². The summed E-state index contributed by atoms with van der Waals surface area (Å²) in [5, 5.41) is 0. The molecule has 54 valence electrons. The van der Waals surface area contributed by atoms with Gasteiger partial charge in [-0.05, 0) is 24.8 Å². The molecule has 1 saturated carbocycles. The van der Waals surface area contributed by atoms with Gasteiger partial charge < -0.3 is 4.74 Å². The van der Waals surface area contributed by atoms with Crippen LogP contribution in [0, 0.1) is 0 Å². The van der Waals surface area contributed by atoms with E-state index < -0.39 is 0 Å². The van der Waals surface area contributed by atoms with E-state index in [2.05, 4.69) is 12.7 Å². The Morgan fingerprint density at radius 2 is 2.50 bits per heavy atom. The van der Waals surface area contributed by atoms with Gasteiger partial charge in [0.1, 0.15) is 6.10 Å². The van der Waals surface area contributed by atoms with Gasteiger partial charge in [-0.15, -0.1) is 0 Å². The summed E-state index contributed by atoms with van der Waals surface area (Å²) in [5.74, 6) is 0. The third-order valence-electron chi connectivity index (χ3n) is 2.23. The molecule has 2 atom stereocenters. The third kappa shape index (κ3) is 0.907. The summed E-state index contributed by atoms with van der Waals surface area (Å²) < 4.78 is 5.43. The van der Waals surface area contributed by atoms with Gasteiger partial charge in [0.05, 0.1) is 6.10 Å². The molecule has 1 nitrogen and oxygen atoms in total. The summed E-state index contributed by atoms with van der Waals surface area (Å²) in [4.78, 5) is 0. The van der Waals surface area contributed by atoms with Crippen molar-refractivity contribution in [3.63, 3.8) is 0 Å². The molecule has 2 unspecified atom stereocenters. The Morgan fingerprint density at radius 3 is 3.30 bits per heavy atom. The van der Waals surface area contributed by atoms with E-state index in [1.165, 1.54) is 24.8 Å². The number of hydrogen-bond donors (Lipinski definition) is 0. The van der Waals surface area contributed by atoms with Crippen LogP contribution in [-0.2, 0) is 4.74 Å². The fourth-order valence-corrected chi connectivity index (χ4v) is 1.67. The van der Waals surface area contributed by atoms with Crippen molar-refractivity contribution >= 4 is 0 Å². The number of allylic oxidation sites excluding steroid dienone is 2. The molecule has 2 aliphatic rings. The number of ether oxygens (including phenoxy) is 1. The van der Waals surface area contributed by atoms with E-state index in [9.17, 15) is 0 Å². The molecule has 0 bridgehead atoms. The molecule has 0 amide bonds. The minimum atomic E-state index is 0.478. The second-order valence-corrected chi connectivity index (χ2v) is 2.96. The second kappa shape index (κ2) is 2.24. The molecule has 10 heavy (non-hydrogen) atoms. The van der Waals surface area contributed by atoms with Gasteiger partial charge in [-0.25, -0.2) is 0 Å². The minimum absolute atomic E-state index is 0.478. The normalized spacial score (nSPS) is 41.0. The van der Waals surface area contributed by atoms with Crippen LogP contribution in [0.4, 0.5) is 0 Å². The van der Waals surface area contributed by atoms with Crippen molar-refractivity contribution in [3.05, 3.63) is 24.3 Å². The zero-order chi connectivity index (χ0) is 6.97. The van der Waals surface area contributed by atoms with Crippen molar-refractivity contribution in [2.75, 3.05) is 0 Å². The van der Waals surface area contributed by atoms with E-state index in [4.69, 9.17) is 4.74 Å². The average Bonchev–Trinajstić information content (AvgIpc) is 2.67. The van der Waals surface area contributed by atoms with Gasteiger partial charge in [0, 0.05) is 0 Å². The van der Waals surface area contributed by atoms with Gasteiger partial charge in [0.25, 0.3) is 0 Å². The highest BCUT2D eigenvalue weighted by Gasteiger charge is 2.43. The molecule has 1 aliphatic carbocycles. The van der Waals surface area contributed by atoms with Crippen LogP contribution in [0.25, 0.3) is 0 Å². The quantitative estimate of drug-likeness (QED) is 0.502. The predicted molar refractivity (Wildman–Crippen MR) is 40.8 cm³/mol. The van der Waals surface area contributed by atoms with E-state index in [0.29, 0.717) is 12.2 Å². The smallest absolute Gasteiger partial charge is 0.105 e. The first-order valence-electron chi connectivity index (χ1n) is 3.89. The van der Waals surface area contributed by atoms with Crippen molar-refractivity contribution in [1.82, 2.24) is 0 Å². The summed E-state index contributed by atoms with van der Waals surface area (Å²) in [5.41, 5.74) is 1.45. The summed E-state index contributed by atoms with van der Waals surface area (Å²) >= 11 is 0. The van der Waals surface area contributed by atoms with Crippen molar-refractivity contribution in [1.29, 1.82) is 0 Å². The third-order valence-corrected chi connectivity index (χ3v) is 2.23. The monoisotopic (exact) mass is 136 g/mol. The molecule has 1 heteroatoms. The lowest BCUT2D eigenvalue weighted by Gasteiger charge is -2.07. The standard InChI is InChI=1S/C9H12O/c1-2-4-7-5-3-6-8-9(7)10-8/h2,4,8-9H,1,3,5-6H2. The molecular weight excluding hydrogens is 124 g/mol. The Morgan fingerprint density at radius 1 is 1.60 bits per heavy atom. The van der Waals surface area contributed by atoms with Crippen molar-refractivity contribution in [2.45, 2.75) is 31.5 Å². The largest absolute Gasteiger partial charge is 0.365 e. The maximum Gasteiger partial charge on any atom is 0.105 e. The Labute approximate surface area is 61.4 Å². The highest BCUT2D eigenvalue weighted by Crippen LogP contribution is 2.39. The molecule has 1 heterocycles. The lowest BCUT2D eigenvalue weighted by atomic mass is 9.95. The van der Waals surface area contributed by atoms with Crippen LogP contribution in [0.5, 0.6) is 0 Å². The summed E-state index contributed by atoms with van der Waals surface area (Å²) in [6, 6.07) is 0. The lowest BCUT2D eigenvalue weighted by molar-refractivity contribution is 0.384. The van der Waals surface area contributed by atoms with Crippen LogP contribution in [0.15, 0.2) is 24.3 Å². The van der Waals surface area contributed by atoms with Crippen LogP contribution in [0.3, 0.4) is 0 Å². The Kier molecular flexibility index (Phi) is 1.38. The molecule has 0 radical (unpaired) electrons. The Hall–Kier alpha value is -0.560. The lowest BCUT2D eigenvalue weighted by Crippen LogP contribution is -2.04. The first-order valence-corrected chi connectivity index (χ1v) is 3.89. The first-order chi connectivity index (χ1) is 4.92. The molecule has 2 rings (SSSR count). The zero-order valence-electron chi connectivity index (χ0n) is 6.05. The zero-order valence-corrected chi connectivity index (χ0v) is 6.05. The first kappa shape index (κ1) is 6.17. The maximum absolute atomic E-state index is 5.43. The summed E-state index contributed by atoms with van der Waals surface area (Å²) in [6.07, 6.45) is 8.78. The average molecular weight is 136 g/mol. The van der Waals surface area contributed by atoms with Gasteiger partial charge in [-0.1, -0.05) is 18.7 Å². The van der Waals surface area contributed by atoms with Crippen molar-refractivity contribution in [3.8, 4) is 0 Å². The van der Waals surface area contributed by atoms with Crippen LogP contribution < -0.4 is 0 Å². The van der Waals surface area contributed by atoms with Crippen LogP contribution >= 0.6 is 0 Å². The minimum Gasteiger partial charge on any atom is -0.365 e. The molecular formula is C9H12O. The molecule has 1 saturated heterocycles. The molecule has 0 spiro atoms. The topological polar surface area (TPSA) is 12.5 Å². The molecule has 0 aromatic rings. The summed E-state index contributed by atoms with van der Waals surface area (Å²) in [6.45, 7) is 3.68. The van der Waals surface area contributed by atoms with Gasteiger partial charge in [-0.2, -0.15) is 0 Å². The number of epoxide rings is 1. The van der Waals surface area contributed by atoms with E-state index in [-0.39, 0.29) is 0 Å². The molecule has 1 aliphatic heterocycles. The highest BCUT2D eigenvalue weighted by molar-refractivity contribution is 5.23. The predicted octanol–water partition coefficient (Wildman–Crippen LogP) is 2.05. The Balaban J connectivity index is 2.08. The van der Waals surface area contributed by atoms with Gasteiger partial charge in [0.15, 0.2) is 0 Å². The van der Waals surface area contributed by atoms with Crippen molar-refractivity contribution < 1.29 is 4.74 Å². The number of hydrogen-bond acceptors (Lipinski definition) is 1. The fraction of sp³-hybridized carbons (Fsp3) is 0.556. The maximum atomic E-state index is 5.43. The van der Waals surface area contributed by atoms with E-state index in [1.54, 1.807) is 0 Å². The molecule has 0 N–H and O–H groups in total. The summed E-state index contributed by atoms with van der Waals surface area (Å²) in [7, 11) is 0. The van der Waals surface area contributed by atoms with E-state index in [0.717, 1.165) is 0 Å². The molecule has 0 aromatic heterocycles. The fourth-order valence-electron chi connectivity index (χ4n) is 1.67. The molecule has 0 aromatic carbocycles. The number of rotatable bonds is 1. The van der Waals surface area contributed by atoms with Crippen LogP contribution in [0.2, 0.25) is 0 Å². The van der Waals surface area contributed by atoms with Crippen LogP contribution in [-0.4, -0.2) is 12.2 Å². The van der Waals surface area contributed by atoms with Gasteiger partial charge in [0.2, 0.25) is 0 Å². The molecule has 2 fully saturated rings. The van der Waals surface area contributed by atoms with Crippen molar-refractivity contribution in [2.24, 2.45) is 0 Å². The SMILES string of the molecule is C=CC=C1CCCC2OC12. The number of fused-ring (bicyclic) bond motifs is 1. The van der Waals surface area contributed by atoms with E-state index in [1.807, 2.05) is 6.08 Å². The van der Waals surface area contributed by atoms with Gasteiger partial charge in [-0.3, -0.25) is 0 Å². The second-order valence-electron chi connectivity index (χ2n) is 2.96.